The molecular formula is C15H14BrClN2O2. The van der Waals surface area contributed by atoms with Crippen molar-refractivity contribution in [2.45, 2.75) is 6.92 Å². The predicted molar refractivity (Wildman–Crippen MR) is 89.2 cm³/mol. The molecular weight excluding hydrogens is 356 g/mol. The van der Waals surface area contributed by atoms with Gasteiger partial charge in [-0.05, 0) is 52.7 Å². The molecule has 2 aromatic rings. The zero-order chi connectivity index (χ0) is 15.6. The van der Waals surface area contributed by atoms with E-state index < -0.39 is 0 Å². The summed E-state index contributed by atoms with van der Waals surface area (Å²) in [6.07, 6.45) is 0. The fourth-order valence-corrected chi connectivity index (χ4v) is 2.61. The Morgan fingerprint density at radius 3 is 2.76 bits per heavy atom. The van der Waals surface area contributed by atoms with Crippen LogP contribution >= 0.6 is 27.5 Å². The highest BCUT2D eigenvalue weighted by molar-refractivity contribution is 9.10. The van der Waals surface area contributed by atoms with Gasteiger partial charge in [0.2, 0.25) is 0 Å². The van der Waals surface area contributed by atoms with Gasteiger partial charge >= 0.3 is 0 Å². The molecule has 0 atom stereocenters. The molecule has 0 fully saturated rings. The van der Waals surface area contributed by atoms with Gasteiger partial charge in [0.1, 0.15) is 0 Å². The lowest BCUT2D eigenvalue weighted by Crippen LogP contribution is -2.14. The van der Waals surface area contributed by atoms with Crippen LogP contribution in [0.1, 0.15) is 15.9 Å². The maximum atomic E-state index is 12.4. The minimum Gasteiger partial charge on any atom is -0.494 e. The van der Waals surface area contributed by atoms with Crippen molar-refractivity contribution in [2.75, 3.05) is 18.2 Å². The largest absolute Gasteiger partial charge is 0.494 e. The van der Waals surface area contributed by atoms with E-state index in [1.54, 1.807) is 24.3 Å². The highest BCUT2D eigenvalue weighted by Gasteiger charge is 2.16. The first kappa shape index (κ1) is 15.7. The number of methoxy groups -OCH3 is 1. The van der Waals surface area contributed by atoms with Crippen LogP contribution in [0.25, 0.3) is 0 Å². The number of ether oxygens (including phenoxy) is 1. The summed E-state index contributed by atoms with van der Waals surface area (Å²) in [6.45, 7) is 1.89. The third kappa shape index (κ3) is 3.31. The summed E-state index contributed by atoms with van der Waals surface area (Å²) in [5.41, 5.74) is 8.08. The maximum Gasteiger partial charge on any atom is 0.259 e. The van der Waals surface area contributed by atoms with Crippen LogP contribution in [0, 0.1) is 6.92 Å². The lowest BCUT2D eigenvalue weighted by Gasteiger charge is -2.13. The van der Waals surface area contributed by atoms with Crippen molar-refractivity contribution >= 4 is 44.8 Å². The van der Waals surface area contributed by atoms with Gasteiger partial charge in [-0.2, -0.15) is 0 Å². The molecule has 0 spiro atoms. The molecule has 0 saturated heterocycles. The second kappa shape index (κ2) is 6.37. The van der Waals surface area contributed by atoms with E-state index in [0.717, 1.165) is 10.0 Å². The zero-order valence-electron chi connectivity index (χ0n) is 11.5. The Kier molecular flexibility index (Phi) is 4.75. The van der Waals surface area contributed by atoms with Gasteiger partial charge in [-0.3, -0.25) is 4.79 Å². The molecule has 0 bridgehead atoms. The summed E-state index contributed by atoms with van der Waals surface area (Å²) in [6, 6.07) is 8.55. The summed E-state index contributed by atoms with van der Waals surface area (Å²) in [4.78, 5) is 12.4. The summed E-state index contributed by atoms with van der Waals surface area (Å²) in [5, 5.41) is 3.37. The van der Waals surface area contributed by atoms with Gasteiger partial charge < -0.3 is 15.8 Å². The Bertz CT molecular complexity index is 704. The van der Waals surface area contributed by atoms with Crippen molar-refractivity contribution in [1.82, 2.24) is 0 Å². The molecule has 0 unspecified atom stereocenters. The molecule has 110 valence electrons. The lowest BCUT2D eigenvalue weighted by molar-refractivity contribution is 0.102. The average Bonchev–Trinajstić information content (AvgIpc) is 2.44. The molecule has 3 N–H and O–H groups in total. The van der Waals surface area contributed by atoms with Gasteiger partial charge in [0.05, 0.1) is 24.0 Å². The van der Waals surface area contributed by atoms with Crippen molar-refractivity contribution in [1.29, 1.82) is 0 Å². The SMILES string of the molecule is COc1c(N)cccc1C(=O)Nc1cc(Cl)c(C)cc1Br. The number of benzene rings is 2. The van der Waals surface area contributed by atoms with Gasteiger partial charge in [-0.15, -0.1) is 0 Å². The molecule has 2 rings (SSSR count). The van der Waals surface area contributed by atoms with Gasteiger partial charge in [-0.25, -0.2) is 0 Å². The van der Waals surface area contributed by atoms with Crippen LogP contribution in [0.3, 0.4) is 0 Å². The van der Waals surface area contributed by atoms with E-state index in [0.29, 0.717) is 27.7 Å². The molecule has 1 amide bonds. The molecule has 0 aromatic heterocycles. The number of aryl methyl sites for hydroxylation is 1. The molecule has 4 nitrogen and oxygen atoms in total. The minimum absolute atomic E-state index is 0.320. The highest BCUT2D eigenvalue weighted by atomic mass is 79.9. The normalized spacial score (nSPS) is 10.3. The number of halogens is 2. The first-order chi connectivity index (χ1) is 9.93. The number of hydrogen-bond acceptors (Lipinski definition) is 3. The fourth-order valence-electron chi connectivity index (χ4n) is 1.89. The molecule has 0 heterocycles. The van der Waals surface area contributed by atoms with E-state index in [-0.39, 0.29) is 5.91 Å². The predicted octanol–water partition coefficient (Wildman–Crippen LogP) is 4.25. The third-order valence-corrected chi connectivity index (χ3v) is 4.05. The van der Waals surface area contributed by atoms with Crippen LogP contribution in [0.15, 0.2) is 34.8 Å². The molecule has 6 heteroatoms. The summed E-state index contributed by atoms with van der Waals surface area (Å²) < 4.78 is 5.93. The maximum absolute atomic E-state index is 12.4. The number of nitrogens with two attached hydrogens (primary N) is 1. The van der Waals surface area contributed by atoms with Gasteiger partial charge in [0, 0.05) is 9.50 Å². The summed E-state index contributed by atoms with van der Waals surface area (Å²) >= 11 is 9.49. The van der Waals surface area contributed by atoms with Crippen molar-refractivity contribution in [2.24, 2.45) is 0 Å². The number of nitrogen functional groups attached to an aromatic ring is 1. The Labute approximate surface area is 136 Å². The number of hydrogen-bond donors (Lipinski definition) is 2. The van der Waals surface area contributed by atoms with Crippen LogP contribution in [-0.4, -0.2) is 13.0 Å². The average molecular weight is 370 g/mol. The van der Waals surface area contributed by atoms with E-state index in [9.17, 15) is 4.79 Å². The summed E-state index contributed by atoms with van der Waals surface area (Å²) in [7, 11) is 1.47. The molecule has 2 aromatic carbocycles. The number of carbonyl (C=O) groups excluding carboxylic acids is 1. The van der Waals surface area contributed by atoms with E-state index >= 15 is 0 Å². The quantitative estimate of drug-likeness (QED) is 0.795. The molecule has 0 radical (unpaired) electrons. The molecule has 0 aliphatic heterocycles. The second-order valence-electron chi connectivity index (χ2n) is 4.46. The topological polar surface area (TPSA) is 64.3 Å². The van der Waals surface area contributed by atoms with E-state index in [2.05, 4.69) is 21.2 Å². The van der Waals surface area contributed by atoms with Crippen LogP contribution in [0.2, 0.25) is 5.02 Å². The third-order valence-electron chi connectivity index (χ3n) is 2.99. The van der Waals surface area contributed by atoms with E-state index in [1.807, 2.05) is 13.0 Å². The number of anilines is 2. The Morgan fingerprint density at radius 1 is 1.38 bits per heavy atom. The number of rotatable bonds is 3. The van der Waals surface area contributed by atoms with Crippen molar-refractivity contribution < 1.29 is 9.53 Å². The highest BCUT2D eigenvalue weighted by Crippen LogP contribution is 2.31. The number of nitrogens with one attached hydrogen (secondary N) is 1. The van der Waals surface area contributed by atoms with Crippen LogP contribution in [0.4, 0.5) is 11.4 Å². The zero-order valence-corrected chi connectivity index (χ0v) is 13.9. The van der Waals surface area contributed by atoms with Crippen molar-refractivity contribution in [3.63, 3.8) is 0 Å². The Hall–Kier alpha value is -1.72. The monoisotopic (exact) mass is 368 g/mol. The molecule has 21 heavy (non-hydrogen) atoms. The first-order valence-corrected chi connectivity index (χ1v) is 7.30. The molecule has 0 aliphatic rings. The molecule has 0 saturated carbocycles. The number of para-hydroxylation sites is 1. The summed E-state index contributed by atoms with van der Waals surface area (Å²) in [5.74, 6) is 0.0316. The number of carbonyl (C=O) groups is 1. The standard InChI is InChI=1S/C15H14BrClN2O2/c1-8-6-10(16)13(7-11(8)17)19-15(20)9-4-3-5-12(18)14(9)21-2/h3-7H,18H2,1-2H3,(H,19,20). The Morgan fingerprint density at radius 2 is 2.10 bits per heavy atom. The van der Waals surface area contributed by atoms with Crippen molar-refractivity contribution in [3.05, 3.63) is 51.0 Å². The van der Waals surface area contributed by atoms with Gasteiger partial charge in [0.25, 0.3) is 5.91 Å². The van der Waals surface area contributed by atoms with Gasteiger partial charge in [0.15, 0.2) is 5.75 Å². The van der Waals surface area contributed by atoms with Gasteiger partial charge in [-0.1, -0.05) is 17.7 Å². The van der Waals surface area contributed by atoms with Crippen LogP contribution in [-0.2, 0) is 0 Å². The second-order valence-corrected chi connectivity index (χ2v) is 5.72. The lowest BCUT2D eigenvalue weighted by atomic mass is 10.1. The van der Waals surface area contributed by atoms with Crippen LogP contribution in [0.5, 0.6) is 5.75 Å². The fraction of sp³-hybridized carbons (Fsp3) is 0.133. The smallest absolute Gasteiger partial charge is 0.259 e. The minimum atomic E-state index is -0.320. The van der Waals surface area contributed by atoms with Crippen molar-refractivity contribution in [3.8, 4) is 5.75 Å². The Balaban J connectivity index is 2.35. The van der Waals surface area contributed by atoms with E-state index in [1.165, 1.54) is 7.11 Å². The number of amides is 1. The van der Waals surface area contributed by atoms with E-state index in [4.69, 9.17) is 22.1 Å². The first-order valence-electron chi connectivity index (χ1n) is 6.13. The van der Waals surface area contributed by atoms with Crippen LogP contribution < -0.4 is 15.8 Å². The molecule has 0 aliphatic carbocycles.